The maximum Gasteiger partial charge on any atom is 0.332 e. The van der Waals surface area contributed by atoms with Gasteiger partial charge in [-0.25, -0.2) is 4.79 Å². The lowest BCUT2D eigenvalue weighted by Crippen LogP contribution is -2.38. The fraction of sp³-hybridized carbons (Fsp3) is 0.130. The van der Waals surface area contributed by atoms with E-state index in [9.17, 15) is 9.59 Å². The van der Waals surface area contributed by atoms with E-state index >= 15 is 0 Å². The van der Waals surface area contributed by atoms with E-state index in [1.807, 2.05) is 54.6 Å². The van der Waals surface area contributed by atoms with Crippen LogP contribution in [0.2, 0.25) is 5.02 Å². The van der Waals surface area contributed by atoms with Gasteiger partial charge in [0.1, 0.15) is 4.83 Å². The Bertz CT molecular complexity index is 1370. The highest BCUT2D eigenvalue weighted by atomic mass is 35.5. The molecule has 0 N–H and O–H groups in total. The summed E-state index contributed by atoms with van der Waals surface area (Å²) >= 11 is 7.36. The van der Waals surface area contributed by atoms with Crippen LogP contribution >= 0.6 is 22.9 Å². The van der Waals surface area contributed by atoms with E-state index in [0.717, 1.165) is 16.0 Å². The number of hydrogen-bond donors (Lipinski definition) is 0. The van der Waals surface area contributed by atoms with Crippen molar-refractivity contribution in [2.75, 3.05) is 0 Å². The van der Waals surface area contributed by atoms with Crippen LogP contribution in [0.5, 0.6) is 0 Å². The number of thiophene rings is 1. The quantitative estimate of drug-likeness (QED) is 0.469. The normalized spacial score (nSPS) is 10.7. The van der Waals surface area contributed by atoms with E-state index in [0.29, 0.717) is 21.7 Å². The van der Waals surface area contributed by atoms with E-state index in [-0.39, 0.29) is 17.8 Å². The van der Waals surface area contributed by atoms with Crippen molar-refractivity contribution >= 4 is 33.2 Å². The van der Waals surface area contributed by atoms with Crippen LogP contribution in [0.3, 0.4) is 0 Å². The van der Waals surface area contributed by atoms with Gasteiger partial charge < -0.3 is 0 Å². The average Bonchev–Trinajstić information content (AvgIpc) is 3.15. The molecular weight excluding hydrogens is 404 g/mol. The lowest BCUT2D eigenvalue weighted by atomic mass is 10.1. The smallest absolute Gasteiger partial charge is 0.287 e. The number of halogens is 1. The molecule has 0 aliphatic heterocycles. The number of nitrogens with zero attached hydrogens (tertiary/aromatic N) is 2. The van der Waals surface area contributed by atoms with Crippen molar-refractivity contribution in [2.24, 2.45) is 7.05 Å². The third-order valence-electron chi connectivity index (χ3n) is 4.59. The summed E-state index contributed by atoms with van der Waals surface area (Å²) in [6.45, 7) is 0.244. The summed E-state index contributed by atoms with van der Waals surface area (Å²) in [4.78, 5) is 27.1. The van der Waals surface area contributed by atoms with Gasteiger partial charge >= 0.3 is 5.69 Å². The van der Waals surface area contributed by atoms with Crippen LogP contribution in [0.4, 0.5) is 0 Å². The van der Waals surface area contributed by atoms with E-state index < -0.39 is 0 Å². The highest BCUT2D eigenvalue weighted by molar-refractivity contribution is 7.19. The molecule has 29 heavy (non-hydrogen) atoms. The Morgan fingerprint density at radius 2 is 1.76 bits per heavy atom. The second kappa shape index (κ2) is 8.12. The molecule has 0 spiro atoms. The van der Waals surface area contributed by atoms with Crippen molar-refractivity contribution in [1.29, 1.82) is 0 Å². The van der Waals surface area contributed by atoms with Gasteiger partial charge in [-0.05, 0) is 29.3 Å². The molecule has 4 rings (SSSR count). The molecule has 2 heterocycles. The molecule has 6 heteroatoms. The second-order valence-electron chi connectivity index (χ2n) is 6.66. The topological polar surface area (TPSA) is 44.0 Å². The molecule has 2 aromatic carbocycles. The predicted molar refractivity (Wildman–Crippen MR) is 119 cm³/mol. The molecule has 0 amide bonds. The molecule has 0 bridgehead atoms. The number of rotatable bonds is 3. The highest BCUT2D eigenvalue weighted by Gasteiger charge is 2.14. The molecule has 4 aromatic rings. The van der Waals surface area contributed by atoms with Crippen LogP contribution in [0.15, 0.2) is 70.3 Å². The molecule has 0 radical (unpaired) electrons. The minimum absolute atomic E-state index is 0.244. The summed E-state index contributed by atoms with van der Waals surface area (Å²) < 4.78 is 2.79. The lowest BCUT2D eigenvalue weighted by molar-refractivity contribution is 0.663. The number of fused-ring (bicyclic) bond motifs is 1. The average molecular weight is 421 g/mol. The van der Waals surface area contributed by atoms with Gasteiger partial charge in [0.05, 0.1) is 16.8 Å². The molecule has 0 fully saturated rings. The van der Waals surface area contributed by atoms with Crippen molar-refractivity contribution in [2.45, 2.75) is 13.0 Å². The molecule has 0 aliphatic rings. The zero-order valence-electron chi connectivity index (χ0n) is 15.7. The van der Waals surface area contributed by atoms with Crippen LogP contribution in [0, 0.1) is 11.8 Å². The van der Waals surface area contributed by atoms with E-state index in [1.54, 1.807) is 13.1 Å². The largest absolute Gasteiger partial charge is 0.332 e. The first-order chi connectivity index (χ1) is 14.0. The third kappa shape index (κ3) is 4.04. The van der Waals surface area contributed by atoms with E-state index in [2.05, 4.69) is 11.8 Å². The van der Waals surface area contributed by atoms with Gasteiger partial charge in [-0.3, -0.25) is 13.9 Å². The Kier molecular flexibility index (Phi) is 5.39. The lowest BCUT2D eigenvalue weighted by Gasteiger charge is -2.08. The number of aryl methyl sites for hydroxylation is 1. The molecule has 2 aromatic heterocycles. The van der Waals surface area contributed by atoms with Gasteiger partial charge in [0, 0.05) is 18.5 Å². The van der Waals surface area contributed by atoms with Crippen LogP contribution < -0.4 is 11.2 Å². The zero-order valence-corrected chi connectivity index (χ0v) is 17.3. The molecule has 0 saturated heterocycles. The van der Waals surface area contributed by atoms with Crippen molar-refractivity contribution < 1.29 is 0 Å². The third-order valence-corrected chi connectivity index (χ3v) is 5.95. The standard InChI is InChI=1S/C23H17ClN2O2S/c1-25-22-20(21(27)26(23(25)28)15-17-7-3-2-4-8-17)14-19(29-22)12-6-10-16-9-5-11-18(24)13-16/h2-5,7-9,11,13-14H,10,15H2,1H3. The predicted octanol–water partition coefficient (Wildman–Crippen LogP) is 4.06. The summed E-state index contributed by atoms with van der Waals surface area (Å²) in [7, 11) is 1.69. The van der Waals surface area contributed by atoms with Crippen molar-refractivity contribution in [1.82, 2.24) is 9.13 Å². The maximum absolute atomic E-state index is 12.9. The van der Waals surface area contributed by atoms with Gasteiger partial charge in [-0.2, -0.15) is 0 Å². The Morgan fingerprint density at radius 3 is 2.52 bits per heavy atom. The SMILES string of the molecule is Cn1c(=O)n(Cc2ccccc2)c(=O)c2cc(C#CCc3cccc(Cl)c3)sc21. The van der Waals surface area contributed by atoms with Gasteiger partial charge in [0.15, 0.2) is 0 Å². The Hall–Kier alpha value is -3.07. The summed E-state index contributed by atoms with van der Waals surface area (Å²) in [5.74, 6) is 6.23. The molecule has 0 aliphatic carbocycles. The molecule has 4 nitrogen and oxygen atoms in total. The number of aromatic nitrogens is 2. The molecule has 0 saturated carbocycles. The van der Waals surface area contributed by atoms with Gasteiger partial charge in [-0.15, -0.1) is 11.3 Å². The van der Waals surface area contributed by atoms with Crippen LogP contribution in [-0.2, 0) is 20.0 Å². The summed E-state index contributed by atoms with van der Waals surface area (Å²) in [6, 6.07) is 18.8. The van der Waals surface area contributed by atoms with Crippen molar-refractivity contribution in [3.05, 3.63) is 103 Å². The minimum atomic E-state index is -0.327. The monoisotopic (exact) mass is 420 g/mol. The van der Waals surface area contributed by atoms with E-state index in [1.165, 1.54) is 20.5 Å². The van der Waals surface area contributed by atoms with Crippen molar-refractivity contribution in [3.8, 4) is 11.8 Å². The van der Waals surface area contributed by atoms with Crippen LogP contribution in [0.25, 0.3) is 10.2 Å². The van der Waals surface area contributed by atoms with Crippen LogP contribution in [0.1, 0.15) is 16.0 Å². The Labute approximate surface area is 176 Å². The first-order valence-corrected chi connectivity index (χ1v) is 10.2. The molecule has 0 atom stereocenters. The maximum atomic E-state index is 12.9. The first-order valence-electron chi connectivity index (χ1n) is 9.03. The summed E-state index contributed by atoms with van der Waals surface area (Å²) in [5.41, 5.74) is 1.32. The van der Waals surface area contributed by atoms with Crippen molar-refractivity contribution in [3.63, 3.8) is 0 Å². The van der Waals surface area contributed by atoms with Gasteiger partial charge in [-0.1, -0.05) is 65.9 Å². The second-order valence-corrected chi connectivity index (χ2v) is 8.12. The minimum Gasteiger partial charge on any atom is -0.287 e. The number of hydrogen-bond acceptors (Lipinski definition) is 3. The fourth-order valence-electron chi connectivity index (χ4n) is 3.13. The van der Waals surface area contributed by atoms with Crippen LogP contribution in [-0.4, -0.2) is 9.13 Å². The van der Waals surface area contributed by atoms with Gasteiger partial charge in [0.2, 0.25) is 0 Å². The fourth-order valence-corrected chi connectivity index (χ4v) is 4.32. The summed E-state index contributed by atoms with van der Waals surface area (Å²) in [6.07, 6.45) is 0.561. The number of benzene rings is 2. The molecule has 144 valence electrons. The Morgan fingerprint density at radius 1 is 1.00 bits per heavy atom. The highest BCUT2D eigenvalue weighted by Crippen LogP contribution is 2.21. The van der Waals surface area contributed by atoms with E-state index in [4.69, 9.17) is 11.6 Å². The Balaban J connectivity index is 1.70. The zero-order chi connectivity index (χ0) is 20.4. The molecule has 0 unspecified atom stereocenters. The summed E-state index contributed by atoms with van der Waals surface area (Å²) in [5, 5.41) is 1.19. The molecular formula is C23H17ClN2O2S. The van der Waals surface area contributed by atoms with Gasteiger partial charge in [0.25, 0.3) is 5.56 Å². The first kappa shape index (κ1) is 19.3.